The Bertz CT molecular complexity index is 627. The van der Waals surface area contributed by atoms with Gasteiger partial charge in [-0.25, -0.2) is 0 Å². The molecule has 2 aromatic rings. The van der Waals surface area contributed by atoms with Crippen molar-refractivity contribution < 1.29 is 9.47 Å². The fourth-order valence-electron chi connectivity index (χ4n) is 2.61. The second kappa shape index (κ2) is 7.57. The van der Waals surface area contributed by atoms with Crippen molar-refractivity contribution in [3.63, 3.8) is 0 Å². The molecule has 0 saturated carbocycles. The van der Waals surface area contributed by atoms with Crippen molar-refractivity contribution in [1.82, 2.24) is 10.2 Å². The number of anilines is 1. The van der Waals surface area contributed by atoms with Gasteiger partial charge in [-0.3, -0.25) is 0 Å². The minimum absolute atomic E-state index is 0.166. The molecule has 0 aliphatic carbocycles. The molecule has 0 bridgehead atoms. The lowest BCUT2D eigenvalue weighted by Crippen LogP contribution is -2.44. The number of benzene rings is 1. The van der Waals surface area contributed by atoms with Gasteiger partial charge in [0.25, 0.3) is 0 Å². The fourth-order valence-corrected chi connectivity index (χ4v) is 3.50. The zero-order chi connectivity index (χ0) is 16.1. The first-order valence-corrected chi connectivity index (χ1v) is 8.82. The van der Waals surface area contributed by atoms with E-state index in [2.05, 4.69) is 15.5 Å². The average Bonchev–Trinajstić information content (AvgIpc) is 3.04. The highest BCUT2D eigenvalue weighted by Gasteiger charge is 2.32. The monoisotopic (exact) mass is 353 g/mol. The maximum Gasteiger partial charge on any atom is 0.205 e. The molecule has 3 rings (SSSR count). The summed E-state index contributed by atoms with van der Waals surface area (Å²) in [7, 11) is 1.76. The molecule has 0 atom stereocenters. The predicted molar refractivity (Wildman–Crippen MR) is 92.4 cm³/mol. The molecule has 2 heterocycles. The first kappa shape index (κ1) is 16.6. The van der Waals surface area contributed by atoms with Crippen LogP contribution in [0.5, 0.6) is 0 Å². The SMILES string of the molecule is COC1(CNc2nnc(Cc3ccc(Cl)cc3)s2)CCOCC1. The number of nitrogens with one attached hydrogen (secondary N) is 1. The molecule has 1 aromatic heterocycles. The Labute approximate surface area is 145 Å². The maximum atomic E-state index is 5.90. The van der Waals surface area contributed by atoms with Gasteiger partial charge in [0.05, 0.1) is 5.60 Å². The Morgan fingerprint density at radius 1 is 1.26 bits per heavy atom. The Kier molecular flexibility index (Phi) is 5.48. The van der Waals surface area contributed by atoms with Crippen LogP contribution in [0.4, 0.5) is 5.13 Å². The molecule has 1 saturated heterocycles. The highest BCUT2D eigenvalue weighted by atomic mass is 35.5. The molecule has 0 radical (unpaired) electrons. The maximum absolute atomic E-state index is 5.90. The molecule has 7 heteroatoms. The molecule has 0 spiro atoms. The second-order valence-electron chi connectivity index (χ2n) is 5.66. The molecule has 1 aromatic carbocycles. The van der Waals surface area contributed by atoms with Crippen LogP contribution in [-0.4, -0.2) is 42.7 Å². The van der Waals surface area contributed by atoms with Gasteiger partial charge < -0.3 is 14.8 Å². The fraction of sp³-hybridized carbons (Fsp3) is 0.500. The standard InChI is InChI=1S/C16H20ClN3O2S/c1-21-16(6-8-22-9-7-16)11-18-15-20-19-14(23-15)10-12-2-4-13(17)5-3-12/h2-5H,6-11H2,1H3,(H,18,20). The van der Waals surface area contributed by atoms with Gasteiger partial charge in [0, 0.05) is 51.2 Å². The van der Waals surface area contributed by atoms with Crippen LogP contribution in [0.15, 0.2) is 24.3 Å². The zero-order valence-electron chi connectivity index (χ0n) is 13.0. The lowest BCUT2D eigenvalue weighted by Gasteiger charge is -2.35. The number of ether oxygens (including phenoxy) is 2. The van der Waals surface area contributed by atoms with Gasteiger partial charge in [-0.1, -0.05) is 35.1 Å². The predicted octanol–water partition coefficient (Wildman–Crippen LogP) is 3.39. The molecule has 0 amide bonds. The van der Waals surface area contributed by atoms with Crippen molar-refractivity contribution in [2.75, 3.05) is 32.2 Å². The number of nitrogens with zero attached hydrogens (tertiary/aromatic N) is 2. The number of rotatable bonds is 6. The summed E-state index contributed by atoms with van der Waals surface area (Å²) in [6.07, 6.45) is 2.56. The van der Waals surface area contributed by atoms with Crippen LogP contribution in [-0.2, 0) is 15.9 Å². The highest BCUT2D eigenvalue weighted by Crippen LogP contribution is 2.26. The Balaban J connectivity index is 1.57. The van der Waals surface area contributed by atoms with E-state index in [0.717, 1.165) is 54.2 Å². The van der Waals surface area contributed by atoms with Crippen molar-refractivity contribution in [3.05, 3.63) is 39.9 Å². The quantitative estimate of drug-likeness (QED) is 0.862. The smallest absolute Gasteiger partial charge is 0.205 e. The number of hydrogen-bond donors (Lipinski definition) is 1. The third-order valence-corrected chi connectivity index (χ3v) is 5.27. The third kappa shape index (κ3) is 4.41. The molecule has 0 unspecified atom stereocenters. The van der Waals surface area contributed by atoms with E-state index in [0.29, 0.717) is 0 Å². The molecule has 1 aliphatic rings. The molecule has 1 fully saturated rings. The largest absolute Gasteiger partial charge is 0.381 e. The number of aromatic nitrogens is 2. The van der Waals surface area contributed by atoms with E-state index in [1.165, 1.54) is 5.56 Å². The van der Waals surface area contributed by atoms with Crippen LogP contribution >= 0.6 is 22.9 Å². The van der Waals surface area contributed by atoms with E-state index in [1.54, 1.807) is 18.4 Å². The van der Waals surface area contributed by atoms with Gasteiger partial charge >= 0.3 is 0 Å². The summed E-state index contributed by atoms with van der Waals surface area (Å²) < 4.78 is 11.1. The van der Waals surface area contributed by atoms with E-state index in [-0.39, 0.29) is 5.60 Å². The minimum Gasteiger partial charge on any atom is -0.381 e. The van der Waals surface area contributed by atoms with Crippen LogP contribution in [0.25, 0.3) is 0 Å². The Morgan fingerprint density at radius 2 is 2.00 bits per heavy atom. The van der Waals surface area contributed by atoms with E-state index in [1.807, 2.05) is 24.3 Å². The van der Waals surface area contributed by atoms with Gasteiger partial charge in [0.2, 0.25) is 5.13 Å². The summed E-state index contributed by atoms with van der Waals surface area (Å²) in [4.78, 5) is 0. The second-order valence-corrected chi connectivity index (χ2v) is 7.16. The summed E-state index contributed by atoms with van der Waals surface area (Å²) in [5, 5.41) is 14.4. The first-order chi connectivity index (χ1) is 11.2. The number of halogens is 1. The Morgan fingerprint density at radius 3 is 2.70 bits per heavy atom. The van der Waals surface area contributed by atoms with Gasteiger partial charge in [0.1, 0.15) is 5.01 Å². The Hall–Kier alpha value is -1.21. The molecule has 124 valence electrons. The topological polar surface area (TPSA) is 56.3 Å². The molecular weight excluding hydrogens is 334 g/mol. The molecule has 23 heavy (non-hydrogen) atoms. The highest BCUT2D eigenvalue weighted by molar-refractivity contribution is 7.15. The lowest BCUT2D eigenvalue weighted by atomic mass is 9.94. The van der Waals surface area contributed by atoms with Crippen molar-refractivity contribution in [2.24, 2.45) is 0 Å². The van der Waals surface area contributed by atoms with Crippen molar-refractivity contribution in [1.29, 1.82) is 0 Å². The molecular formula is C16H20ClN3O2S. The van der Waals surface area contributed by atoms with Crippen LogP contribution in [0.2, 0.25) is 5.02 Å². The minimum atomic E-state index is -0.166. The summed E-state index contributed by atoms with van der Waals surface area (Å²) in [5.41, 5.74) is 1.01. The summed E-state index contributed by atoms with van der Waals surface area (Å²) >= 11 is 7.48. The van der Waals surface area contributed by atoms with Crippen molar-refractivity contribution in [3.8, 4) is 0 Å². The van der Waals surface area contributed by atoms with Gasteiger partial charge in [-0.2, -0.15) is 0 Å². The molecule has 1 aliphatic heterocycles. The van der Waals surface area contributed by atoms with Crippen LogP contribution < -0.4 is 5.32 Å². The summed E-state index contributed by atoms with van der Waals surface area (Å²) in [6, 6.07) is 7.81. The van der Waals surface area contributed by atoms with Crippen LogP contribution in [0.3, 0.4) is 0 Å². The average molecular weight is 354 g/mol. The normalized spacial score (nSPS) is 17.1. The number of methoxy groups -OCH3 is 1. The van der Waals surface area contributed by atoms with Gasteiger partial charge in [-0.05, 0) is 17.7 Å². The van der Waals surface area contributed by atoms with Crippen molar-refractivity contribution >= 4 is 28.1 Å². The first-order valence-electron chi connectivity index (χ1n) is 7.63. The van der Waals surface area contributed by atoms with E-state index < -0.39 is 0 Å². The zero-order valence-corrected chi connectivity index (χ0v) is 14.6. The van der Waals surface area contributed by atoms with E-state index in [4.69, 9.17) is 21.1 Å². The van der Waals surface area contributed by atoms with Crippen molar-refractivity contribution in [2.45, 2.75) is 24.9 Å². The van der Waals surface area contributed by atoms with Gasteiger partial charge in [-0.15, -0.1) is 10.2 Å². The van der Waals surface area contributed by atoms with Crippen LogP contribution in [0.1, 0.15) is 23.4 Å². The van der Waals surface area contributed by atoms with Crippen LogP contribution in [0, 0.1) is 0 Å². The summed E-state index contributed by atoms with van der Waals surface area (Å²) in [6.45, 7) is 2.21. The molecule has 1 N–H and O–H groups in total. The van der Waals surface area contributed by atoms with E-state index in [9.17, 15) is 0 Å². The lowest BCUT2D eigenvalue weighted by molar-refractivity contribution is -0.0807. The number of hydrogen-bond acceptors (Lipinski definition) is 6. The van der Waals surface area contributed by atoms with Gasteiger partial charge in [0.15, 0.2) is 0 Å². The third-order valence-electron chi connectivity index (χ3n) is 4.13. The summed E-state index contributed by atoms with van der Waals surface area (Å²) in [5.74, 6) is 0. The van der Waals surface area contributed by atoms with E-state index >= 15 is 0 Å². The molecule has 5 nitrogen and oxygen atoms in total.